The maximum atomic E-state index is 11.6. The van der Waals surface area contributed by atoms with Crippen molar-refractivity contribution in [1.29, 1.82) is 0 Å². The molecule has 0 saturated heterocycles. The lowest BCUT2D eigenvalue weighted by atomic mass is 9.94. The Kier molecular flexibility index (Phi) is 4.92. The number of carbonyl (C=O) groups is 1. The summed E-state index contributed by atoms with van der Waals surface area (Å²) in [7, 11) is 1.30. The molecule has 0 amide bonds. The Hall–Kier alpha value is -3.07. The summed E-state index contributed by atoms with van der Waals surface area (Å²) in [5.74, 6) is 0.501. The Bertz CT molecular complexity index is 811. The van der Waals surface area contributed by atoms with Gasteiger partial charge in [-0.1, -0.05) is 72.8 Å². The smallest absolute Gasteiger partial charge is 0.437 e. The summed E-state index contributed by atoms with van der Waals surface area (Å²) < 4.78 is 10.0. The van der Waals surface area contributed by atoms with Crippen LogP contribution in [0.2, 0.25) is 0 Å². The number of carbonyl (C=O) groups excluding carboxylic acids is 1. The van der Waals surface area contributed by atoms with E-state index in [2.05, 4.69) is 22.9 Å². The molecule has 0 aliphatic carbocycles. The fraction of sp³-hybridized carbons (Fsp3) is 0.0952. The molecule has 0 saturated carbocycles. The molecule has 0 spiro atoms. The molecule has 0 heterocycles. The third kappa shape index (κ3) is 3.63. The van der Waals surface area contributed by atoms with E-state index in [-0.39, 0.29) is 0 Å². The Balaban J connectivity index is 2.07. The van der Waals surface area contributed by atoms with Gasteiger partial charge in [-0.05, 0) is 29.2 Å². The first kappa shape index (κ1) is 15.8. The predicted octanol–water partition coefficient (Wildman–Crippen LogP) is 5.09. The lowest BCUT2D eigenvalue weighted by molar-refractivity contribution is 0.121. The fourth-order valence-corrected chi connectivity index (χ4v) is 2.69. The van der Waals surface area contributed by atoms with Gasteiger partial charge in [-0.25, -0.2) is 4.79 Å². The SMILES string of the molecule is COC(=O)Oc1cccc(Cc2ccccc2)c1-c1ccccc1. The quantitative estimate of drug-likeness (QED) is 0.496. The van der Waals surface area contributed by atoms with Crippen LogP contribution in [0.15, 0.2) is 78.9 Å². The fourth-order valence-electron chi connectivity index (χ4n) is 2.69. The Morgan fingerprint density at radius 3 is 2.17 bits per heavy atom. The molecule has 0 fully saturated rings. The van der Waals surface area contributed by atoms with Crippen molar-refractivity contribution in [3.8, 4) is 16.9 Å². The number of hydrogen-bond donors (Lipinski definition) is 0. The summed E-state index contributed by atoms with van der Waals surface area (Å²) in [6.07, 6.45) is 0.0349. The van der Waals surface area contributed by atoms with Crippen LogP contribution in [0.3, 0.4) is 0 Å². The van der Waals surface area contributed by atoms with E-state index in [9.17, 15) is 4.79 Å². The average molecular weight is 318 g/mol. The largest absolute Gasteiger partial charge is 0.513 e. The molecule has 0 aromatic heterocycles. The van der Waals surface area contributed by atoms with Gasteiger partial charge in [0.05, 0.1) is 7.11 Å². The molecule has 3 aromatic carbocycles. The molecule has 3 rings (SSSR count). The Morgan fingerprint density at radius 2 is 1.50 bits per heavy atom. The second-order valence-corrected chi connectivity index (χ2v) is 5.37. The first-order valence-corrected chi connectivity index (χ1v) is 7.75. The molecular weight excluding hydrogens is 300 g/mol. The number of ether oxygens (including phenoxy) is 2. The van der Waals surface area contributed by atoms with Crippen LogP contribution in [0.25, 0.3) is 11.1 Å². The Morgan fingerprint density at radius 1 is 0.833 bits per heavy atom. The van der Waals surface area contributed by atoms with Crippen molar-refractivity contribution >= 4 is 6.16 Å². The molecule has 3 heteroatoms. The number of hydrogen-bond acceptors (Lipinski definition) is 3. The van der Waals surface area contributed by atoms with Crippen LogP contribution in [0.5, 0.6) is 5.75 Å². The van der Waals surface area contributed by atoms with Gasteiger partial charge in [0.1, 0.15) is 5.75 Å². The van der Waals surface area contributed by atoms with Crippen molar-refractivity contribution in [2.24, 2.45) is 0 Å². The first-order valence-electron chi connectivity index (χ1n) is 7.75. The predicted molar refractivity (Wildman–Crippen MR) is 94.2 cm³/mol. The molecule has 3 aromatic rings. The highest BCUT2D eigenvalue weighted by Gasteiger charge is 2.15. The average Bonchev–Trinajstić information content (AvgIpc) is 2.63. The molecule has 0 N–H and O–H groups in total. The number of benzene rings is 3. The van der Waals surface area contributed by atoms with Gasteiger partial charge in [-0.2, -0.15) is 0 Å². The highest BCUT2D eigenvalue weighted by Crippen LogP contribution is 2.35. The maximum absolute atomic E-state index is 11.6. The van der Waals surface area contributed by atoms with Gasteiger partial charge in [-0.15, -0.1) is 0 Å². The van der Waals surface area contributed by atoms with Gasteiger partial charge < -0.3 is 9.47 Å². The molecular formula is C21H18O3. The zero-order chi connectivity index (χ0) is 16.8. The van der Waals surface area contributed by atoms with Crippen LogP contribution < -0.4 is 4.74 Å². The molecule has 0 aliphatic rings. The van der Waals surface area contributed by atoms with Crippen LogP contribution in [-0.4, -0.2) is 13.3 Å². The second-order valence-electron chi connectivity index (χ2n) is 5.37. The minimum atomic E-state index is -0.718. The molecule has 0 atom stereocenters. The summed E-state index contributed by atoms with van der Waals surface area (Å²) in [5.41, 5.74) is 4.20. The molecule has 120 valence electrons. The van der Waals surface area contributed by atoms with Gasteiger partial charge in [0.2, 0.25) is 0 Å². The molecule has 0 aliphatic heterocycles. The standard InChI is InChI=1S/C21H18O3/c1-23-21(22)24-19-14-8-13-18(15-16-9-4-2-5-10-16)20(19)17-11-6-3-7-12-17/h2-14H,15H2,1H3. The van der Waals surface area contributed by atoms with Crippen molar-refractivity contribution in [1.82, 2.24) is 0 Å². The van der Waals surface area contributed by atoms with E-state index in [0.29, 0.717) is 5.75 Å². The normalized spacial score (nSPS) is 10.2. The first-order chi connectivity index (χ1) is 11.8. The topological polar surface area (TPSA) is 35.5 Å². The van der Waals surface area contributed by atoms with Crippen molar-refractivity contribution < 1.29 is 14.3 Å². The number of rotatable bonds is 4. The van der Waals surface area contributed by atoms with E-state index in [1.54, 1.807) is 6.07 Å². The van der Waals surface area contributed by atoms with Crippen LogP contribution in [0.4, 0.5) is 4.79 Å². The second kappa shape index (κ2) is 7.47. The zero-order valence-corrected chi connectivity index (χ0v) is 13.4. The van der Waals surface area contributed by atoms with Crippen LogP contribution in [-0.2, 0) is 11.2 Å². The third-order valence-corrected chi connectivity index (χ3v) is 3.77. The van der Waals surface area contributed by atoms with Gasteiger partial charge in [0.15, 0.2) is 0 Å². The van der Waals surface area contributed by atoms with Crippen LogP contribution in [0, 0.1) is 0 Å². The molecule has 0 radical (unpaired) electrons. The van der Waals surface area contributed by atoms with Gasteiger partial charge >= 0.3 is 6.16 Å². The van der Waals surface area contributed by atoms with E-state index in [4.69, 9.17) is 4.74 Å². The van der Waals surface area contributed by atoms with Crippen molar-refractivity contribution in [3.63, 3.8) is 0 Å². The third-order valence-electron chi connectivity index (χ3n) is 3.77. The minimum Gasteiger partial charge on any atom is -0.437 e. The summed E-state index contributed by atoms with van der Waals surface area (Å²) in [6.45, 7) is 0. The van der Waals surface area contributed by atoms with E-state index in [0.717, 1.165) is 23.1 Å². The minimum absolute atomic E-state index is 0.501. The van der Waals surface area contributed by atoms with Gasteiger partial charge in [0, 0.05) is 5.56 Å². The molecule has 24 heavy (non-hydrogen) atoms. The molecule has 0 unspecified atom stereocenters. The van der Waals surface area contributed by atoms with Crippen LogP contribution >= 0.6 is 0 Å². The van der Waals surface area contributed by atoms with E-state index in [1.165, 1.54) is 12.7 Å². The Labute approximate surface area is 141 Å². The lowest BCUT2D eigenvalue weighted by Gasteiger charge is -2.15. The van der Waals surface area contributed by atoms with E-state index < -0.39 is 6.16 Å². The summed E-state index contributed by atoms with van der Waals surface area (Å²) >= 11 is 0. The molecule has 0 bridgehead atoms. The zero-order valence-electron chi connectivity index (χ0n) is 13.4. The monoisotopic (exact) mass is 318 g/mol. The summed E-state index contributed by atoms with van der Waals surface area (Å²) in [4.78, 5) is 11.6. The summed E-state index contributed by atoms with van der Waals surface area (Å²) in [6, 6.07) is 25.9. The lowest BCUT2D eigenvalue weighted by Crippen LogP contribution is -2.09. The highest BCUT2D eigenvalue weighted by molar-refractivity contribution is 5.77. The van der Waals surface area contributed by atoms with Crippen molar-refractivity contribution in [3.05, 3.63) is 90.0 Å². The number of methoxy groups -OCH3 is 1. The molecule has 3 nitrogen and oxygen atoms in total. The van der Waals surface area contributed by atoms with E-state index in [1.807, 2.05) is 54.6 Å². The summed E-state index contributed by atoms with van der Waals surface area (Å²) in [5, 5.41) is 0. The van der Waals surface area contributed by atoms with Crippen LogP contribution in [0.1, 0.15) is 11.1 Å². The maximum Gasteiger partial charge on any atom is 0.513 e. The van der Waals surface area contributed by atoms with Crippen molar-refractivity contribution in [2.75, 3.05) is 7.11 Å². The van der Waals surface area contributed by atoms with Crippen molar-refractivity contribution in [2.45, 2.75) is 6.42 Å². The van der Waals surface area contributed by atoms with Gasteiger partial charge in [-0.3, -0.25) is 0 Å². The van der Waals surface area contributed by atoms with Gasteiger partial charge in [0.25, 0.3) is 0 Å². The highest BCUT2D eigenvalue weighted by atomic mass is 16.7. The van der Waals surface area contributed by atoms with E-state index >= 15 is 0 Å².